The smallest absolute Gasteiger partial charge is 0.416 e. The Morgan fingerprint density at radius 1 is 1.17 bits per heavy atom. The Morgan fingerprint density at radius 2 is 1.90 bits per heavy atom. The van der Waals surface area contributed by atoms with Gasteiger partial charge in [0.2, 0.25) is 0 Å². The number of halogens is 3. The number of hydrogen-bond donors (Lipinski definition) is 1. The summed E-state index contributed by atoms with van der Waals surface area (Å²) >= 11 is 6.69. The number of thiophene rings is 1. The maximum absolute atomic E-state index is 13.5. The number of benzene rings is 1. The lowest BCUT2D eigenvalue weighted by Gasteiger charge is -2.29. The first-order chi connectivity index (χ1) is 19.4. The summed E-state index contributed by atoms with van der Waals surface area (Å²) in [6, 6.07) is 5.97. The second-order valence-corrected chi connectivity index (χ2v) is 11.2. The molecule has 12 heteroatoms. The minimum Gasteiger partial charge on any atom is -0.462 e. The highest BCUT2D eigenvalue weighted by Crippen LogP contribution is 2.39. The number of ether oxygens (including phenoxy) is 1. The second-order valence-electron chi connectivity index (χ2n) is 9.78. The van der Waals surface area contributed by atoms with Crippen molar-refractivity contribution in [2.24, 2.45) is 0 Å². The predicted octanol–water partition coefficient (Wildman–Crippen LogP) is 6.06. The molecule has 2 amide bonds. The van der Waals surface area contributed by atoms with Crippen LogP contribution in [0.2, 0.25) is 0 Å². The predicted molar refractivity (Wildman–Crippen MR) is 153 cm³/mol. The molecule has 2 aliphatic rings. The van der Waals surface area contributed by atoms with Crippen LogP contribution in [-0.4, -0.2) is 34.1 Å². The first-order valence-corrected chi connectivity index (χ1v) is 14.2. The average molecular weight is 602 g/mol. The highest BCUT2D eigenvalue weighted by atomic mass is 32.1. The van der Waals surface area contributed by atoms with Gasteiger partial charge in [-0.3, -0.25) is 19.8 Å². The summed E-state index contributed by atoms with van der Waals surface area (Å²) in [5.74, 6) is -1.99. The van der Waals surface area contributed by atoms with Crippen molar-refractivity contribution in [3.8, 4) is 5.00 Å². The molecule has 1 aliphatic heterocycles. The lowest BCUT2D eigenvalue weighted by atomic mass is 9.95. The van der Waals surface area contributed by atoms with Gasteiger partial charge in [-0.2, -0.15) is 13.2 Å². The van der Waals surface area contributed by atoms with Crippen LogP contribution in [-0.2, 0) is 33.3 Å². The summed E-state index contributed by atoms with van der Waals surface area (Å²) in [5.41, 5.74) is 2.19. The van der Waals surface area contributed by atoms with Gasteiger partial charge in [0.15, 0.2) is 5.11 Å². The van der Waals surface area contributed by atoms with Crippen molar-refractivity contribution in [2.75, 3.05) is 11.5 Å². The number of anilines is 1. The van der Waals surface area contributed by atoms with Crippen LogP contribution in [0.15, 0.2) is 35.9 Å². The minimum atomic E-state index is -4.63. The maximum atomic E-state index is 13.5. The Hall–Kier alpha value is -3.77. The van der Waals surface area contributed by atoms with E-state index in [-0.39, 0.29) is 28.9 Å². The summed E-state index contributed by atoms with van der Waals surface area (Å²) in [6.45, 7) is 5.67. The highest BCUT2D eigenvalue weighted by molar-refractivity contribution is 7.80. The fourth-order valence-electron chi connectivity index (χ4n) is 5.24. The third kappa shape index (κ3) is 5.21. The quantitative estimate of drug-likeness (QED) is 0.166. The Bertz CT molecular complexity index is 1630. The number of aryl methyl sites for hydroxylation is 2. The molecule has 3 aromatic rings. The second kappa shape index (κ2) is 10.9. The van der Waals surface area contributed by atoms with Crippen molar-refractivity contribution in [3.05, 3.63) is 74.4 Å². The van der Waals surface area contributed by atoms with E-state index in [1.54, 1.807) is 13.0 Å². The summed E-state index contributed by atoms with van der Waals surface area (Å²) < 4.78 is 47.3. The molecule has 1 saturated heterocycles. The topological polar surface area (TPSA) is 80.6 Å². The summed E-state index contributed by atoms with van der Waals surface area (Å²) in [6.07, 6.45) is 0.463. The molecule has 0 unspecified atom stereocenters. The zero-order chi connectivity index (χ0) is 29.6. The monoisotopic (exact) mass is 601 g/mol. The van der Waals surface area contributed by atoms with Gasteiger partial charge in [-0.05, 0) is 100 Å². The van der Waals surface area contributed by atoms with Crippen LogP contribution in [0.5, 0.6) is 0 Å². The number of nitrogens with zero attached hydrogens (tertiary/aromatic N) is 2. The van der Waals surface area contributed by atoms with Gasteiger partial charge in [0.25, 0.3) is 11.8 Å². The van der Waals surface area contributed by atoms with Crippen molar-refractivity contribution in [2.45, 2.75) is 52.6 Å². The number of thiocarbonyl (C=S) groups is 1. The number of carbonyl (C=O) groups is 3. The van der Waals surface area contributed by atoms with E-state index in [9.17, 15) is 27.6 Å². The molecular formula is C29H26F3N3O4S2. The zero-order valence-electron chi connectivity index (χ0n) is 22.5. The molecule has 0 radical (unpaired) electrons. The average Bonchev–Trinajstić information content (AvgIpc) is 3.42. The van der Waals surface area contributed by atoms with Crippen molar-refractivity contribution < 1.29 is 32.3 Å². The van der Waals surface area contributed by atoms with Crippen molar-refractivity contribution in [3.63, 3.8) is 0 Å². The van der Waals surface area contributed by atoms with Crippen LogP contribution in [0.4, 0.5) is 18.9 Å². The molecule has 0 spiro atoms. The van der Waals surface area contributed by atoms with Crippen LogP contribution >= 0.6 is 23.6 Å². The number of amides is 2. The van der Waals surface area contributed by atoms with E-state index >= 15 is 0 Å². The van der Waals surface area contributed by atoms with Crippen LogP contribution in [0.3, 0.4) is 0 Å². The van der Waals surface area contributed by atoms with Gasteiger partial charge in [0.05, 0.1) is 23.4 Å². The van der Waals surface area contributed by atoms with E-state index in [1.165, 1.54) is 29.5 Å². The normalized spacial score (nSPS) is 16.7. The van der Waals surface area contributed by atoms with Crippen molar-refractivity contribution in [1.29, 1.82) is 0 Å². The number of carbonyl (C=O) groups excluding carboxylic acids is 3. The molecule has 1 aromatic carbocycles. The van der Waals surface area contributed by atoms with E-state index in [0.717, 1.165) is 63.9 Å². The Kier molecular flexibility index (Phi) is 7.64. The number of fused-ring (bicyclic) bond motifs is 1. The molecule has 41 heavy (non-hydrogen) atoms. The number of alkyl halides is 3. The van der Waals surface area contributed by atoms with Gasteiger partial charge in [-0.1, -0.05) is 6.07 Å². The number of aromatic nitrogens is 1. The third-order valence-electron chi connectivity index (χ3n) is 7.14. The Balaban J connectivity index is 1.58. The van der Waals surface area contributed by atoms with Crippen molar-refractivity contribution in [1.82, 2.24) is 9.88 Å². The summed E-state index contributed by atoms with van der Waals surface area (Å²) in [7, 11) is 0. The summed E-state index contributed by atoms with van der Waals surface area (Å²) in [4.78, 5) is 41.5. The van der Waals surface area contributed by atoms with Gasteiger partial charge < -0.3 is 9.30 Å². The van der Waals surface area contributed by atoms with E-state index in [0.29, 0.717) is 16.8 Å². The molecular weight excluding hydrogens is 575 g/mol. The van der Waals surface area contributed by atoms with Gasteiger partial charge in [0.1, 0.15) is 10.6 Å². The molecule has 214 valence electrons. The fraction of sp³-hybridized carbons (Fsp3) is 0.310. The van der Waals surface area contributed by atoms with Crippen LogP contribution in [0, 0.1) is 13.8 Å². The van der Waals surface area contributed by atoms with E-state index < -0.39 is 23.6 Å². The van der Waals surface area contributed by atoms with Gasteiger partial charge in [-0.25, -0.2) is 4.79 Å². The van der Waals surface area contributed by atoms with Crippen LogP contribution < -0.4 is 10.2 Å². The standard InChI is InChI=1S/C29H26F3N3O4S2/c1-4-39-27(38)23-20-10-5-6-11-22(20)41-26(23)34-15(2)12-17(16(34)3)13-21-24(36)33-28(40)35(25(21)37)19-9-7-8-18(14-19)29(30,31)32/h7-9,12-14H,4-6,10-11H2,1-3H3,(H,33,36,40)/b21-13+. The molecule has 0 bridgehead atoms. The van der Waals surface area contributed by atoms with Gasteiger partial charge in [0, 0.05) is 16.3 Å². The molecule has 0 saturated carbocycles. The molecule has 1 fully saturated rings. The number of hydrogen-bond acceptors (Lipinski definition) is 6. The molecule has 1 N–H and O–H groups in total. The molecule has 7 nitrogen and oxygen atoms in total. The first kappa shape index (κ1) is 28.7. The van der Waals surface area contributed by atoms with Crippen LogP contribution in [0.25, 0.3) is 11.1 Å². The molecule has 2 aromatic heterocycles. The highest BCUT2D eigenvalue weighted by Gasteiger charge is 2.37. The largest absolute Gasteiger partial charge is 0.462 e. The van der Waals surface area contributed by atoms with E-state index in [2.05, 4.69) is 5.32 Å². The van der Waals surface area contributed by atoms with Crippen molar-refractivity contribution >= 4 is 58.2 Å². The molecule has 3 heterocycles. The lowest BCUT2D eigenvalue weighted by molar-refractivity contribution is -0.137. The maximum Gasteiger partial charge on any atom is 0.416 e. The fourth-order valence-corrected chi connectivity index (χ4v) is 7.01. The van der Waals surface area contributed by atoms with E-state index in [1.807, 2.05) is 18.4 Å². The van der Waals surface area contributed by atoms with Gasteiger partial charge in [-0.15, -0.1) is 11.3 Å². The number of esters is 1. The van der Waals surface area contributed by atoms with Crippen LogP contribution in [0.1, 0.15) is 63.1 Å². The lowest BCUT2D eigenvalue weighted by Crippen LogP contribution is -2.54. The van der Waals surface area contributed by atoms with Gasteiger partial charge >= 0.3 is 12.1 Å². The minimum absolute atomic E-state index is 0.116. The summed E-state index contributed by atoms with van der Waals surface area (Å²) in [5, 5.41) is 2.82. The third-order valence-corrected chi connectivity index (χ3v) is 8.70. The Morgan fingerprint density at radius 3 is 2.61 bits per heavy atom. The first-order valence-electron chi connectivity index (χ1n) is 13.0. The SMILES string of the molecule is CCOC(=O)c1c(-n2c(C)cc(/C=C3\C(=O)NC(=S)N(c4cccc(C(F)(F)F)c4)C3=O)c2C)sc2c1CCCC2. The zero-order valence-corrected chi connectivity index (χ0v) is 24.1. The van der Waals surface area contributed by atoms with E-state index in [4.69, 9.17) is 17.0 Å². The Labute approximate surface area is 243 Å². The number of rotatable bonds is 5. The molecule has 1 aliphatic carbocycles. The molecule has 5 rings (SSSR count). The number of nitrogens with one attached hydrogen (secondary N) is 1. The molecule has 0 atom stereocenters.